The van der Waals surface area contributed by atoms with Crippen LogP contribution in [-0.4, -0.2) is 31.0 Å². The number of nitrogens with zero attached hydrogens (tertiary/aromatic N) is 1. The molecule has 2 N–H and O–H groups in total. The Kier molecular flexibility index (Phi) is 5.60. The number of quaternary nitrogens is 1. The van der Waals surface area contributed by atoms with Crippen LogP contribution >= 0.6 is 22.7 Å². The summed E-state index contributed by atoms with van der Waals surface area (Å²) < 4.78 is 1.20. The molecule has 0 saturated carbocycles. The molecule has 0 saturated heterocycles. The van der Waals surface area contributed by atoms with Crippen molar-refractivity contribution in [3.63, 3.8) is 0 Å². The lowest BCUT2D eigenvalue weighted by Gasteiger charge is -2.19. The minimum Gasteiger partial charge on any atom is -0.351 e. The Hall–Kier alpha value is -1.76. The van der Waals surface area contributed by atoms with Gasteiger partial charge >= 0.3 is 0 Å². The fraction of sp³-hybridized carbons (Fsp3) is 0.333. The number of benzene rings is 1. The van der Waals surface area contributed by atoms with Crippen molar-refractivity contribution in [2.24, 2.45) is 0 Å². The molecule has 1 amide bonds. The molecule has 0 aliphatic rings. The second-order valence-corrected chi connectivity index (χ2v) is 8.04. The maximum absolute atomic E-state index is 12.1. The van der Waals surface area contributed by atoms with Gasteiger partial charge in [-0.2, -0.15) is 0 Å². The predicted molar refractivity (Wildman–Crippen MR) is 101 cm³/mol. The number of fused-ring (bicyclic) bond motifs is 1. The molecular weight excluding hydrogens is 338 g/mol. The van der Waals surface area contributed by atoms with Crippen LogP contribution in [0, 0.1) is 0 Å². The first-order chi connectivity index (χ1) is 11.6. The van der Waals surface area contributed by atoms with Crippen LogP contribution < -0.4 is 10.2 Å². The molecule has 0 aliphatic heterocycles. The lowest BCUT2D eigenvalue weighted by atomic mass is 10.3. The Morgan fingerprint density at radius 1 is 1.29 bits per heavy atom. The van der Waals surface area contributed by atoms with Crippen molar-refractivity contribution < 1.29 is 9.69 Å². The predicted octanol–water partition coefficient (Wildman–Crippen LogP) is 2.29. The smallest absolute Gasteiger partial charge is 0.275 e. The summed E-state index contributed by atoms with van der Waals surface area (Å²) in [6.45, 7) is 3.29. The largest absolute Gasteiger partial charge is 0.351 e. The Balaban J connectivity index is 1.51. The van der Waals surface area contributed by atoms with Gasteiger partial charge in [0.25, 0.3) is 5.91 Å². The van der Waals surface area contributed by atoms with E-state index in [1.54, 1.807) is 22.7 Å². The van der Waals surface area contributed by atoms with Gasteiger partial charge in [0.2, 0.25) is 0 Å². The zero-order valence-corrected chi connectivity index (χ0v) is 15.5. The van der Waals surface area contributed by atoms with Crippen molar-refractivity contribution in [2.75, 3.05) is 20.1 Å². The average Bonchev–Trinajstić information content (AvgIpc) is 3.23. The third-order valence-corrected chi connectivity index (χ3v) is 6.29. The molecule has 6 heteroatoms. The van der Waals surface area contributed by atoms with Crippen LogP contribution in [0.2, 0.25) is 0 Å². The van der Waals surface area contributed by atoms with Gasteiger partial charge in [0.05, 0.1) is 17.3 Å². The average molecular weight is 361 g/mol. The Bertz CT molecular complexity index is 765. The summed E-state index contributed by atoms with van der Waals surface area (Å²) in [5.41, 5.74) is 1.04. The maximum atomic E-state index is 12.1. The standard InChI is InChI=1S/C18H21N3OS2/c1-13(18-20-15-7-3-4-8-16(15)24-18)21(2)12-17(22)19-10-9-14-6-5-11-23-14/h3-8,11,13H,9-10,12H2,1-2H3,(H,19,22)/p+1/t13-/m0/s1. The number of aromatic nitrogens is 1. The number of nitrogens with one attached hydrogen (secondary N) is 2. The van der Waals surface area contributed by atoms with Crippen molar-refractivity contribution >= 4 is 38.8 Å². The monoisotopic (exact) mass is 360 g/mol. The summed E-state index contributed by atoms with van der Waals surface area (Å²) in [4.78, 5) is 19.3. The molecule has 0 aliphatic carbocycles. The molecule has 24 heavy (non-hydrogen) atoms. The van der Waals surface area contributed by atoms with Crippen molar-refractivity contribution in [1.29, 1.82) is 0 Å². The van der Waals surface area contributed by atoms with Gasteiger partial charge in [-0.15, -0.1) is 22.7 Å². The minimum atomic E-state index is 0.0945. The van der Waals surface area contributed by atoms with Crippen molar-refractivity contribution in [2.45, 2.75) is 19.4 Å². The number of rotatable bonds is 7. The zero-order valence-electron chi connectivity index (χ0n) is 13.9. The Morgan fingerprint density at radius 3 is 2.88 bits per heavy atom. The van der Waals surface area contributed by atoms with E-state index in [0.717, 1.165) is 21.8 Å². The van der Waals surface area contributed by atoms with E-state index in [1.807, 2.05) is 24.3 Å². The fourth-order valence-electron chi connectivity index (χ4n) is 2.53. The van der Waals surface area contributed by atoms with Crippen molar-refractivity contribution in [1.82, 2.24) is 10.3 Å². The van der Waals surface area contributed by atoms with Gasteiger partial charge < -0.3 is 10.2 Å². The van der Waals surface area contributed by atoms with Crippen LogP contribution in [0.25, 0.3) is 10.2 Å². The van der Waals surface area contributed by atoms with Gasteiger partial charge in [0.15, 0.2) is 11.6 Å². The fourth-order valence-corrected chi connectivity index (χ4v) is 4.36. The minimum absolute atomic E-state index is 0.0945. The first-order valence-corrected chi connectivity index (χ1v) is 9.80. The van der Waals surface area contributed by atoms with Crippen LogP contribution in [-0.2, 0) is 11.2 Å². The molecule has 0 bridgehead atoms. The number of hydrogen-bond donors (Lipinski definition) is 2. The highest BCUT2D eigenvalue weighted by atomic mass is 32.1. The molecule has 126 valence electrons. The molecule has 4 nitrogen and oxygen atoms in total. The highest BCUT2D eigenvalue weighted by molar-refractivity contribution is 7.18. The second kappa shape index (κ2) is 7.88. The first-order valence-electron chi connectivity index (χ1n) is 8.10. The second-order valence-electron chi connectivity index (χ2n) is 5.94. The maximum Gasteiger partial charge on any atom is 0.275 e. The van der Waals surface area contributed by atoms with E-state index in [1.165, 1.54) is 9.58 Å². The van der Waals surface area contributed by atoms with Gasteiger partial charge in [-0.05, 0) is 36.9 Å². The number of hydrogen-bond acceptors (Lipinski definition) is 4. The summed E-state index contributed by atoms with van der Waals surface area (Å²) in [5.74, 6) is 0.0945. The van der Waals surface area contributed by atoms with E-state index in [0.29, 0.717) is 13.1 Å². The molecule has 2 heterocycles. The summed E-state index contributed by atoms with van der Waals surface area (Å²) in [6, 6.07) is 12.5. The number of thiophene rings is 1. The molecule has 0 fully saturated rings. The van der Waals surface area contributed by atoms with E-state index in [-0.39, 0.29) is 11.9 Å². The molecular formula is C18H22N3OS2+. The van der Waals surface area contributed by atoms with E-state index in [9.17, 15) is 4.79 Å². The third-order valence-electron chi connectivity index (χ3n) is 4.13. The number of thiazole rings is 1. The van der Waals surface area contributed by atoms with E-state index in [4.69, 9.17) is 4.98 Å². The number of para-hydroxylation sites is 1. The molecule has 2 aromatic heterocycles. The topological polar surface area (TPSA) is 46.4 Å². The van der Waals surface area contributed by atoms with E-state index >= 15 is 0 Å². The van der Waals surface area contributed by atoms with Crippen LogP contribution in [0.4, 0.5) is 0 Å². The van der Waals surface area contributed by atoms with Gasteiger partial charge in [0.1, 0.15) is 6.04 Å². The van der Waals surface area contributed by atoms with Crippen LogP contribution in [0.3, 0.4) is 0 Å². The van der Waals surface area contributed by atoms with Gasteiger partial charge in [-0.1, -0.05) is 18.2 Å². The normalized spacial score (nSPS) is 13.8. The van der Waals surface area contributed by atoms with E-state index < -0.39 is 0 Å². The molecule has 1 aromatic carbocycles. The van der Waals surface area contributed by atoms with Crippen molar-refractivity contribution in [3.05, 3.63) is 51.7 Å². The third kappa shape index (κ3) is 4.20. The number of carbonyl (C=O) groups is 1. The molecule has 3 aromatic rings. The van der Waals surface area contributed by atoms with E-state index in [2.05, 4.69) is 36.8 Å². The van der Waals surface area contributed by atoms with Crippen LogP contribution in [0.5, 0.6) is 0 Å². The zero-order chi connectivity index (χ0) is 16.9. The van der Waals surface area contributed by atoms with Crippen molar-refractivity contribution in [3.8, 4) is 0 Å². The summed E-state index contributed by atoms with van der Waals surface area (Å²) in [6.07, 6.45) is 0.899. The summed E-state index contributed by atoms with van der Waals surface area (Å²) in [5, 5.41) is 6.16. The molecule has 0 spiro atoms. The highest BCUT2D eigenvalue weighted by Gasteiger charge is 2.21. The SMILES string of the molecule is C[C@@H](c1nc2ccccc2s1)[NH+](C)CC(=O)NCCc1cccs1. The lowest BCUT2D eigenvalue weighted by Crippen LogP contribution is -3.10. The number of amides is 1. The molecule has 3 rings (SSSR count). The Morgan fingerprint density at radius 2 is 2.12 bits per heavy atom. The lowest BCUT2D eigenvalue weighted by molar-refractivity contribution is -0.902. The quantitative estimate of drug-likeness (QED) is 0.679. The van der Waals surface area contributed by atoms with Crippen LogP contribution in [0.15, 0.2) is 41.8 Å². The summed E-state index contributed by atoms with van der Waals surface area (Å²) in [7, 11) is 2.05. The van der Waals surface area contributed by atoms with Gasteiger partial charge in [-0.25, -0.2) is 4.98 Å². The van der Waals surface area contributed by atoms with Gasteiger partial charge in [0, 0.05) is 11.4 Å². The summed E-state index contributed by atoms with van der Waals surface area (Å²) >= 11 is 3.44. The first kappa shape index (κ1) is 17.1. The molecule has 1 unspecified atom stereocenters. The molecule has 2 atom stereocenters. The highest BCUT2D eigenvalue weighted by Crippen LogP contribution is 2.24. The number of likely N-dealkylation sites (N-methyl/N-ethyl adjacent to an activating group) is 1. The van der Waals surface area contributed by atoms with Crippen LogP contribution in [0.1, 0.15) is 22.9 Å². The molecule has 0 radical (unpaired) electrons. The number of carbonyl (C=O) groups excluding carboxylic acids is 1. The van der Waals surface area contributed by atoms with Gasteiger partial charge in [-0.3, -0.25) is 4.79 Å². The Labute approximate surface area is 150 Å².